The van der Waals surface area contributed by atoms with Crippen molar-refractivity contribution in [3.05, 3.63) is 0 Å². The number of carbonyl (C=O) groups is 1. The summed E-state index contributed by atoms with van der Waals surface area (Å²) in [6.45, 7) is 11.5. The Balaban J connectivity index is 1.84. The van der Waals surface area contributed by atoms with Gasteiger partial charge in [-0.1, -0.05) is 0 Å². The summed E-state index contributed by atoms with van der Waals surface area (Å²) in [5, 5.41) is 0. The third-order valence-electron chi connectivity index (χ3n) is 3.87. The highest BCUT2D eigenvalue weighted by molar-refractivity contribution is 5.79. The third kappa shape index (κ3) is 3.42. The van der Waals surface area contributed by atoms with Crippen molar-refractivity contribution < 1.29 is 4.79 Å². The summed E-state index contributed by atoms with van der Waals surface area (Å²) in [5.41, 5.74) is 0. The van der Waals surface area contributed by atoms with Crippen LogP contribution in [0.25, 0.3) is 0 Å². The van der Waals surface area contributed by atoms with Crippen molar-refractivity contribution in [3.63, 3.8) is 0 Å². The lowest BCUT2D eigenvalue weighted by Gasteiger charge is -2.34. The number of nitrogens with zero attached hydrogens (tertiary/aromatic N) is 3. The molecule has 0 bridgehead atoms. The van der Waals surface area contributed by atoms with Crippen molar-refractivity contribution in [3.8, 4) is 0 Å². The van der Waals surface area contributed by atoms with Crippen molar-refractivity contribution in [1.82, 2.24) is 14.7 Å². The molecule has 2 fully saturated rings. The Hall–Kier alpha value is -0.610. The topological polar surface area (TPSA) is 26.6 Å². The molecule has 98 valence electrons. The molecule has 0 saturated carbocycles. The molecular formula is C13H25N3O. The van der Waals surface area contributed by atoms with E-state index in [1.807, 2.05) is 4.90 Å². The lowest BCUT2D eigenvalue weighted by atomic mass is 9.97. The van der Waals surface area contributed by atoms with Crippen molar-refractivity contribution >= 4 is 5.91 Å². The highest BCUT2D eigenvalue weighted by atomic mass is 16.2. The minimum absolute atomic E-state index is 0.239. The first kappa shape index (κ1) is 12.8. The fourth-order valence-electron chi connectivity index (χ4n) is 2.67. The molecule has 2 saturated heterocycles. The average Bonchev–Trinajstić information content (AvgIpc) is 3.15. The molecule has 4 heteroatoms. The van der Waals surface area contributed by atoms with Gasteiger partial charge in [-0.2, -0.15) is 0 Å². The Bertz CT molecular complexity index is 261. The maximum atomic E-state index is 12.3. The summed E-state index contributed by atoms with van der Waals surface area (Å²) in [4.78, 5) is 19.1. The Labute approximate surface area is 105 Å². The van der Waals surface area contributed by atoms with Crippen LogP contribution in [0, 0.1) is 5.92 Å². The molecule has 0 aliphatic carbocycles. The van der Waals surface area contributed by atoms with Gasteiger partial charge in [0.25, 0.3) is 0 Å². The van der Waals surface area contributed by atoms with Gasteiger partial charge in [0.2, 0.25) is 5.91 Å². The molecule has 1 unspecified atom stereocenters. The van der Waals surface area contributed by atoms with Gasteiger partial charge < -0.3 is 4.90 Å². The number of hydrogen-bond acceptors (Lipinski definition) is 3. The van der Waals surface area contributed by atoms with Gasteiger partial charge in [-0.15, -0.1) is 0 Å². The summed E-state index contributed by atoms with van der Waals surface area (Å²) < 4.78 is 0. The molecule has 0 aromatic heterocycles. The number of piperidine rings is 1. The van der Waals surface area contributed by atoms with Gasteiger partial charge in [0, 0.05) is 32.7 Å². The largest absolute Gasteiger partial charge is 0.343 e. The van der Waals surface area contributed by atoms with E-state index < -0.39 is 0 Å². The SMILES string of the molecule is CCN(CC)C(=O)C1CCCN(CN2CC2)C1. The lowest BCUT2D eigenvalue weighted by Crippen LogP contribution is -2.46. The number of likely N-dealkylation sites (tertiary alicyclic amines) is 1. The first-order valence-electron chi connectivity index (χ1n) is 6.98. The molecule has 0 radical (unpaired) electrons. The summed E-state index contributed by atoms with van der Waals surface area (Å²) in [6.07, 6.45) is 2.25. The molecule has 0 spiro atoms. The van der Waals surface area contributed by atoms with Crippen molar-refractivity contribution in [1.29, 1.82) is 0 Å². The third-order valence-corrected chi connectivity index (χ3v) is 3.87. The molecule has 1 amide bonds. The monoisotopic (exact) mass is 239 g/mol. The fourth-order valence-corrected chi connectivity index (χ4v) is 2.67. The smallest absolute Gasteiger partial charge is 0.226 e. The highest BCUT2D eigenvalue weighted by Crippen LogP contribution is 2.20. The molecule has 1 atom stereocenters. The zero-order valence-electron chi connectivity index (χ0n) is 11.2. The number of amides is 1. The van der Waals surface area contributed by atoms with Crippen LogP contribution in [0.3, 0.4) is 0 Å². The molecule has 0 aromatic carbocycles. The van der Waals surface area contributed by atoms with E-state index in [2.05, 4.69) is 23.6 Å². The Morgan fingerprint density at radius 2 is 1.88 bits per heavy atom. The summed E-state index contributed by atoms with van der Waals surface area (Å²) in [6, 6.07) is 0. The molecular weight excluding hydrogens is 214 g/mol. The molecule has 17 heavy (non-hydrogen) atoms. The van der Waals surface area contributed by atoms with Crippen LogP contribution in [-0.2, 0) is 4.79 Å². The first-order chi connectivity index (χ1) is 8.24. The molecule has 0 N–H and O–H groups in total. The van der Waals surface area contributed by atoms with Gasteiger partial charge >= 0.3 is 0 Å². The van der Waals surface area contributed by atoms with E-state index in [-0.39, 0.29) is 5.92 Å². The minimum Gasteiger partial charge on any atom is -0.343 e. The van der Waals surface area contributed by atoms with Gasteiger partial charge in [0.05, 0.1) is 12.6 Å². The van der Waals surface area contributed by atoms with Gasteiger partial charge in [0.1, 0.15) is 0 Å². The standard InChI is InChI=1S/C13H25N3O/c1-3-16(4-2)13(17)12-6-5-7-15(10-12)11-14-8-9-14/h12H,3-11H2,1-2H3. The van der Waals surface area contributed by atoms with Crippen molar-refractivity contribution in [2.45, 2.75) is 26.7 Å². The normalized spacial score (nSPS) is 25.9. The van der Waals surface area contributed by atoms with Gasteiger partial charge in [-0.3, -0.25) is 14.6 Å². The quantitative estimate of drug-likeness (QED) is 0.665. The highest BCUT2D eigenvalue weighted by Gasteiger charge is 2.30. The van der Waals surface area contributed by atoms with Crippen molar-refractivity contribution in [2.24, 2.45) is 5.92 Å². The van der Waals surface area contributed by atoms with E-state index in [1.54, 1.807) is 0 Å². The first-order valence-corrected chi connectivity index (χ1v) is 6.98. The zero-order chi connectivity index (χ0) is 12.3. The molecule has 4 nitrogen and oxygen atoms in total. The van der Waals surface area contributed by atoms with E-state index >= 15 is 0 Å². The Morgan fingerprint density at radius 1 is 1.18 bits per heavy atom. The van der Waals surface area contributed by atoms with Crippen LogP contribution in [0.2, 0.25) is 0 Å². The minimum atomic E-state index is 0.239. The van der Waals surface area contributed by atoms with Gasteiger partial charge in [0.15, 0.2) is 0 Å². The molecule has 2 aliphatic heterocycles. The van der Waals surface area contributed by atoms with E-state index in [0.717, 1.165) is 32.7 Å². The van der Waals surface area contributed by atoms with E-state index in [9.17, 15) is 4.79 Å². The van der Waals surface area contributed by atoms with Crippen LogP contribution in [0.5, 0.6) is 0 Å². The Kier molecular flexibility index (Phi) is 4.40. The summed E-state index contributed by atoms with van der Waals surface area (Å²) in [5.74, 6) is 0.606. The predicted octanol–water partition coefficient (Wildman–Crippen LogP) is 0.840. The number of hydrogen-bond donors (Lipinski definition) is 0. The van der Waals surface area contributed by atoms with Crippen LogP contribution < -0.4 is 0 Å². The van der Waals surface area contributed by atoms with Gasteiger partial charge in [-0.05, 0) is 33.2 Å². The van der Waals surface area contributed by atoms with E-state index in [0.29, 0.717) is 5.91 Å². The molecule has 0 aromatic rings. The number of carbonyl (C=O) groups excluding carboxylic acids is 1. The number of rotatable bonds is 5. The van der Waals surface area contributed by atoms with Crippen LogP contribution in [-0.4, -0.2) is 66.5 Å². The zero-order valence-corrected chi connectivity index (χ0v) is 11.2. The molecule has 2 aliphatic rings. The summed E-state index contributed by atoms with van der Waals surface area (Å²) >= 11 is 0. The second kappa shape index (κ2) is 5.83. The van der Waals surface area contributed by atoms with E-state index in [4.69, 9.17) is 0 Å². The molecule has 2 heterocycles. The molecule has 2 rings (SSSR count). The van der Waals surface area contributed by atoms with Crippen LogP contribution in [0.1, 0.15) is 26.7 Å². The van der Waals surface area contributed by atoms with Crippen LogP contribution >= 0.6 is 0 Å². The maximum absolute atomic E-state index is 12.3. The maximum Gasteiger partial charge on any atom is 0.226 e. The van der Waals surface area contributed by atoms with Crippen molar-refractivity contribution in [2.75, 3.05) is 45.9 Å². The van der Waals surface area contributed by atoms with E-state index in [1.165, 1.54) is 26.1 Å². The lowest BCUT2D eigenvalue weighted by molar-refractivity contribution is -0.137. The van der Waals surface area contributed by atoms with Crippen LogP contribution in [0.4, 0.5) is 0 Å². The second-order valence-corrected chi connectivity index (χ2v) is 5.19. The average molecular weight is 239 g/mol. The fraction of sp³-hybridized carbons (Fsp3) is 0.923. The van der Waals surface area contributed by atoms with Gasteiger partial charge in [-0.25, -0.2) is 0 Å². The Morgan fingerprint density at radius 3 is 2.47 bits per heavy atom. The predicted molar refractivity (Wildman–Crippen MR) is 68.7 cm³/mol. The van der Waals surface area contributed by atoms with Crippen LogP contribution in [0.15, 0.2) is 0 Å². The second-order valence-electron chi connectivity index (χ2n) is 5.19. The summed E-state index contributed by atoms with van der Waals surface area (Å²) in [7, 11) is 0.